The quantitative estimate of drug-likeness (QED) is 0.125. The van der Waals surface area contributed by atoms with Gasteiger partial charge in [-0.3, -0.25) is 24.2 Å². The third kappa shape index (κ3) is 11.9. The van der Waals surface area contributed by atoms with Gasteiger partial charge in [-0.25, -0.2) is 4.98 Å². The van der Waals surface area contributed by atoms with Crippen molar-refractivity contribution in [2.24, 2.45) is 18.9 Å². The lowest BCUT2D eigenvalue weighted by atomic mass is 9.81. The molecule has 5 aromatic rings. The van der Waals surface area contributed by atoms with Gasteiger partial charge < -0.3 is 34.1 Å². The number of pyridine rings is 1. The molecule has 0 saturated carbocycles. The molecule has 2 fully saturated rings. The standard InChI is InChI=1S/C51H59Cl2N7O6/c1-33-9-7-10-42(55-33)23-38-25-48(62)60(29-37-13-18-41(53)26-46(37)66-43-19-14-36(15-20-43)44-28-54-47(58(44)5)30-57(3)4)34(2)45(61)24-39(31-65-6)49(63)56-51(21-8-22-59(32-51)50(38)64)27-35-11-16-40(52)17-12-35/h7,9-20,26,28,34,38-39H,8,21-25,27,29-32H2,1-6H3,(H,56,63)/t34-,38+,39-,51+/m0/s1. The summed E-state index contributed by atoms with van der Waals surface area (Å²) in [5, 5.41) is 4.34. The number of halogens is 2. The number of methoxy groups -OCH3 is 1. The Bertz CT molecular complexity index is 2530. The minimum Gasteiger partial charge on any atom is -0.457 e. The first kappa shape index (κ1) is 48.3. The maximum atomic E-state index is 15.0. The largest absolute Gasteiger partial charge is 0.457 e. The summed E-state index contributed by atoms with van der Waals surface area (Å²) >= 11 is 12.8. The van der Waals surface area contributed by atoms with Gasteiger partial charge in [0.2, 0.25) is 17.7 Å². The van der Waals surface area contributed by atoms with Gasteiger partial charge in [0.15, 0.2) is 5.78 Å². The number of carbonyl (C=O) groups is 4. The number of fused-ring (bicyclic) bond motifs is 2. The van der Waals surface area contributed by atoms with E-state index in [0.29, 0.717) is 65.2 Å². The van der Waals surface area contributed by atoms with E-state index in [9.17, 15) is 14.4 Å². The van der Waals surface area contributed by atoms with Crippen LogP contribution in [0.4, 0.5) is 0 Å². The first-order valence-corrected chi connectivity index (χ1v) is 23.2. The summed E-state index contributed by atoms with van der Waals surface area (Å²) in [6.07, 6.45) is 3.34. The molecule has 0 aliphatic carbocycles. The van der Waals surface area contributed by atoms with Gasteiger partial charge in [0.25, 0.3) is 0 Å². The number of hydrogen-bond acceptors (Lipinski definition) is 9. The van der Waals surface area contributed by atoms with E-state index in [1.165, 1.54) is 12.0 Å². The Balaban J connectivity index is 1.22. The first-order valence-electron chi connectivity index (χ1n) is 22.4. The molecule has 348 valence electrons. The van der Waals surface area contributed by atoms with Crippen molar-refractivity contribution in [2.45, 2.75) is 77.0 Å². The van der Waals surface area contributed by atoms with Crippen LogP contribution in [-0.4, -0.2) is 105 Å². The molecular formula is C51H59Cl2N7O6. The van der Waals surface area contributed by atoms with E-state index in [4.69, 9.17) is 37.7 Å². The Morgan fingerprint density at radius 3 is 2.38 bits per heavy atom. The number of piperidine rings is 1. The van der Waals surface area contributed by atoms with Gasteiger partial charge in [-0.1, -0.05) is 47.5 Å². The van der Waals surface area contributed by atoms with Crippen LogP contribution in [-0.2, 0) is 56.9 Å². The number of hydrogen-bond donors (Lipinski definition) is 1. The molecule has 2 aromatic heterocycles. The molecule has 3 amide bonds. The van der Waals surface area contributed by atoms with Gasteiger partial charge in [0.1, 0.15) is 17.3 Å². The normalized spacial score (nSPS) is 21.0. The van der Waals surface area contributed by atoms with E-state index in [1.54, 1.807) is 30.0 Å². The molecule has 0 radical (unpaired) electrons. The van der Waals surface area contributed by atoms with Gasteiger partial charge in [0.05, 0.1) is 55.0 Å². The van der Waals surface area contributed by atoms with Crippen LogP contribution in [0.25, 0.3) is 11.3 Å². The zero-order chi connectivity index (χ0) is 47.1. The number of ether oxygens (including phenoxy) is 2. The average molecular weight is 937 g/mol. The molecule has 1 N–H and O–H groups in total. The fraction of sp³-hybridized carbons (Fsp3) is 0.412. The van der Waals surface area contributed by atoms with Crippen molar-refractivity contribution in [1.82, 2.24) is 34.6 Å². The molecule has 3 aromatic carbocycles. The minimum atomic E-state index is -0.998. The van der Waals surface area contributed by atoms with Crippen molar-refractivity contribution in [1.29, 1.82) is 0 Å². The van der Waals surface area contributed by atoms with Crippen LogP contribution in [0.2, 0.25) is 10.0 Å². The number of Topliss-reactive ketones (excluding diaryl/α,β-unsaturated/α-hetero) is 1. The zero-order valence-electron chi connectivity index (χ0n) is 38.6. The number of carbonyl (C=O) groups excluding carboxylic acids is 4. The Morgan fingerprint density at radius 2 is 1.67 bits per heavy atom. The van der Waals surface area contributed by atoms with Crippen molar-refractivity contribution in [3.8, 4) is 22.8 Å². The SMILES string of the molecule is COC[C@@H]1CC(=O)[C@H](C)N(Cc2ccc(Cl)cc2Oc2ccc(-c3cnc(CN(C)C)n3C)cc2)C(=O)C[C@@H](Cc2cccc(C)n2)C(=O)N2CCC[C@@](Cc3ccc(Cl)cc3)(C2)NC1=O. The number of nitrogens with zero attached hydrogens (tertiary/aromatic N) is 6. The van der Waals surface area contributed by atoms with Gasteiger partial charge in [-0.15, -0.1) is 0 Å². The maximum Gasteiger partial charge on any atom is 0.226 e. The number of ketones is 1. The van der Waals surface area contributed by atoms with Crippen LogP contribution in [0.1, 0.15) is 60.9 Å². The van der Waals surface area contributed by atoms with Crippen molar-refractivity contribution in [2.75, 3.05) is 40.9 Å². The van der Waals surface area contributed by atoms with Gasteiger partial charge in [-0.2, -0.15) is 0 Å². The molecule has 66 heavy (non-hydrogen) atoms. The highest BCUT2D eigenvalue weighted by Gasteiger charge is 2.43. The van der Waals surface area contributed by atoms with E-state index in [2.05, 4.69) is 19.8 Å². The minimum absolute atomic E-state index is 0.0186. The Kier molecular flexibility index (Phi) is 15.6. The van der Waals surface area contributed by atoms with Crippen molar-refractivity contribution >= 4 is 46.7 Å². The monoisotopic (exact) mass is 935 g/mol. The Hall–Kier alpha value is -5.60. The number of aryl methyl sites for hydroxylation is 1. The number of aromatic nitrogens is 3. The highest BCUT2D eigenvalue weighted by molar-refractivity contribution is 6.31. The van der Waals surface area contributed by atoms with E-state index in [-0.39, 0.29) is 56.6 Å². The molecule has 2 aliphatic rings. The summed E-state index contributed by atoms with van der Waals surface area (Å²) in [5.41, 5.74) is 4.06. The second-order valence-electron chi connectivity index (χ2n) is 18.1. The van der Waals surface area contributed by atoms with Gasteiger partial charge in [0, 0.05) is 79.1 Å². The average Bonchev–Trinajstić information content (AvgIpc) is 3.64. The fourth-order valence-corrected chi connectivity index (χ4v) is 9.41. The maximum absolute atomic E-state index is 15.0. The van der Waals surface area contributed by atoms with E-state index >= 15 is 4.79 Å². The molecule has 15 heteroatoms. The van der Waals surface area contributed by atoms with E-state index < -0.39 is 29.3 Å². The fourth-order valence-electron chi connectivity index (χ4n) is 9.13. The molecule has 13 nitrogen and oxygen atoms in total. The van der Waals surface area contributed by atoms with Crippen LogP contribution in [0.3, 0.4) is 0 Å². The van der Waals surface area contributed by atoms with Crippen LogP contribution in [0, 0.1) is 18.8 Å². The molecule has 7 rings (SSSR count). The summed E-state index contributed by atoms with van der Waals surface area (Å²) in [7, 11) is 7.49. The number of nitrogens with one attached hydrogen (secondary N) is 1. The molecular weight excluding hydrogens is 878 g/mol. The highest BCUT2D eigenvalue weighted by Crippen LogP contribution is 2.34. The predicted octanol–water partition coefficient (Wildman–Crippen LogP) is 7.87. The molecule has 4 atom stereocenters. The van der Waals surface area contributed by atoms with Crippen molar-refractivity contribution in [3.63, 3.8) is 0 Å². The second kappa shape index (κ2) is 21.4. The number of imidazole rings is 1. The molecule has 0 spiro atoms. The summed E-state index contributed by atoms with van der Waals surface area (Å²) in [4.78, 5) is 73.7. The first-order chi connectivity index (χ1) is 31.6. The number of benzene rings is 3. The number of rotatable bonds is 13. The highest BCUT2D eigenvalue weighted by atomic mass is 35.5. The van der Waals surface area contributed by atoms with Gasteiger partial charge >= 0.3 is 0 Å². The molecule has 2 bridgehead atoms. The van der Waals surface area contributed by atoms with Gasteiger partial charge in [-0.05, 0) is 113 Å². The third-order valence-electron chi connectivity index (χ3n) is 12.6. The molecule has 0 unspecified atom stereocenters. The molecule has 2 aliphatic heterocycles. The molecule has 2 saturated heterocycles. The Labute approximate surface area is 397 Å². The van der Waals surface area contributed by atoms with Crippen LogP contribution < -0.4 is 10.1 Å². The van der Waals surface area contributed by atoms with E-state index in [0.717, 1.165) is 28.3 Å². The third-order valence-corrected chi connectivity index (χ3v) is 13.1. The smallest absolute Gasteiger partial charge is 0.226 e. The summed E-state index contributed by atoms with van der Waals surface area (Å²) in [5.74, 6) is -1.10. The lowest BCUT2D eigenvalue weighted by Gasteiger charge is -2.45. The predicted molar refractivity (Wildman–Crippen MR) is 255 cm³/mol. The van der Waals surface area contributed by atoms with E-state index in [1.807, 2.05) is 101 Å². The van der Waals surface area contributed by atoms with Crippen LogP contribution in [0.5, 0.6) is 11.5 Å². The summed E-state index contributed by atoms with van der Waals surface area (Å²) in [6.45, 7) is 4.87. The summed E-state index contributed by atoms with van der Waals surface area (Å²) < 4.78 is 14.1. The topological polar surface area (TPSA) is 139 Å². The van der Waals surface area contributed by atoms with Crippen LogP contribution in [0.15, 0.2) is 91.1 Å². The molecule has 4 heterocycles. The van der Waals surface area contributed by atoms with Crippen molar-refractivity contribution < 1.29 is 28.7 Å². The zero-order valence-corrected chi connectivity index (χ0v) is 40.1. The Morgan fingerprint density at radius 1 is 0.924 bits per heavy atom. The second-order valence-corrected chi connectivity index (χ2v) is 18.9. The lowest BCUT2D eigenvalue weighted by Crippen LogP contribution is -2.63. The number of amides is 3. The lowest BCUT2D eigenvalue weighted by molar-refractivity contribution is -0.147. The van der Waals surface area contributed by atoms with Crippen LogP contribution >= 0.6 is 23.2 Å². The summed E-state index contributed by atoms with van der Waals surface area (Å²) in [6, 6.07) is 24.9. The van der Waals surface area contributed by atoms with Crippen molar-refractivity contribution in [3.05, 3.63) is 130 Å².